The van der Waals surface area contributed by atoms with E-state index in [0.717, 1.165) is 30.6 Å². The SMILES string of the molecule is CC1CCC2(C)C(CCC3(C)C2CC=C2C4CC(C)(C)CC(=O)C4(C)CCC23C)C1(C)C. The van der Waals surface area contributed by atoms with Crippen LogP contribution < -0.4 is 0 Å². The minimum atomic E-state index is -0.118. The summed E-state index contributed by atoms with van der Waals surface area (Å²) in [6.07, 6.45) is 13.8. The lowest BCUT2D eigenvalue weighted by molar-refractivity contribution is -0.190. The third-order valence-corrected chi connectivity index (χ3v) is 13.4. The lowest BCUT2D eigenvalue weighted by atomic mass is 9.33. The van der Waals surface area contributed by atoms with Crippen molar-refractivity contribution in [2.24, 2.45) is 56.2 Å². The predicted molar refractivity (Wildman–Crippen MR) is 134 cm³/mol. The van der Waals surface area contributed by atoms with Crippen molar-refractivity contribution >= 4 is 5.78 Å². The zero-order valence-electron chi connectivity index (χ0n) is 22.7. The van der Waals surface area contributed by atoms with Crippen molar-refractivity contribution in [1.29, 1.82) is 0 Å². The quantitative estimate of drug-likeness (QED) is 0.346. The van der Waals surface area contributed by atoms with Crippen LogP contribution in [-0.4, -0.2) is 5.78 Å². The van der Waals surface area contributed by atoms with Gasteiger partial charge >= 0.3 is 0 Å². The van der Waals surface area contributed by atoms with Gasteiger partial charge in [-0.2, -0.15) is 0 Å². The number of ketones is 1. The summed E-state index contributed by atoms with van der Waals surface area (Å²) in [5, 5.41) is 0. The summed E-state index contributed by atoms with van der Waals surface area (Å²) >= 11 is 0. The highest BCUT2D eigenvalue weighted by atomic mass is 16.1. The monoisotopic (exact) mass is 438 g/mol. The van der Waals surface area contributed by atoms with Crippen molar-refractivity contribution in [2.45, 2.75) is 120 Å². The molecular formula is C31H50O. The van der Waals surface area contributed by atoms with Crippen LogP contribution in [0, 0.1) is 56.2 Å². The summed E-state index contributed by atoms with van der Waals surface area (Å²) in [7, 11) is 0. The molecule has 5 rings (SSSR count). The summed E-state index contributed by atoms with van der Waals surface area (Å²) in [6, 6.07) is 0. The number of carbonyl (C=O) groups is 1. The van der Waals surface area contributed by atoms with E-state index < -0.39 is 0 Å². The van der Waals surface area contributed by atoms with Crippen LogP contribution in [0.5, 0.6) is 0 Å². The Morgan fingerprint density at radius 2 is 1.53 bits per heavy atom. The van der Waals surface area contributed by atoms with E-state index in [1.54, 1.807) is 5.57 Å². The Hall–Kier alpha value is -0.590. The van der Waals surface area contributed by atoms with Crippen LogP contribution in [0.15, 0.2) is 11.6 Å². The molecule has 0 radical (unpaired) electrons. The van der Waals surface area contributed by atoms with Crippen molar-refractivity contribution in [3.63, 3.8) is 0 Å². The van der Waals surface area contributed by atoms with Gasteiger partial charge in [0.05, 0.1) is 0 Å². The molecule has 0 bridgehead atoms. The standard InChI is InChI=1S/C31H50O/c1-20-12-14-29(7)23(27(20,4)5)13-15-31(9)24(29)11-10-21-22-18-26(2,3)19-25(32)28(22,6)16-17-30(21,31)8/h10,20,22-24H,11-19H2,1-9H3. The van der Waals surface area contributed by atoms with Crippen molar-refractivity contribution in [3.05, 3.63) is 11.6 Å². The lowest BCUT2D eigenvalue weighted by Gasteiger charge is -2.71. The van der Waals surface area contributed by atoms with Crippen LogP contribution in [0.25, 0.3) is 0 Å². The minimum Gasteiger partial charge on any atom is -0.299 e. The summed E-state index contributed by atoms with van der Waals surface area (Å²) in [6.45, 7) is 22.7. The van der Waals surface area contributed by atoms with Crippen LogP contribution >= 0.6 is 0 Å². The number of hydrogen-bond donors (Lipinski definition) is 0. The molecule has 0 aromatic heterocycles. The Bertz CT molecular complexity index is 862. The Morgan fingerprint density at radius 3 is 2.22 bits per heavy atom. The number of allylic oxidation sites excluding steroid dienone is 2. The van der Waals surface area contributed by atoms with Crippen LogP contribution in [0.2, 0.25) is 0 Å². The van der Waals surface area contributed by atoms with E-state index in [4.69, 9.17) is 0 Å². The Labute approximate surface area is 198 Å². The molecule has 1 nitrogen and oxygen atoms in total. The van der Waals surface area contributed by atoms with Crippen LogP contribution in [0.3, 0.4) is 0 Å². The number of rotatable bonds is 0. The van der Waals surface area contributed by atoms with Gasteiger partial charge in [0.2, 0.25) is 0 Å². The molecular weight excluding hydrogens is 388 g/mol. The molecule has 0 saturated heterocycles. The number of hydrogen-bond acceptors (Lipinski definition) is 1. The van der Waals surface area contributed by atoms with E-state index in [9.17, 15) is 4.79 Å². The maximum Gasteiger partial charge on any atom is 0.139 e. The van der Waals surface area contributed by atoms with E-state index >= 15 is 0 Å². The maximum atomic E-state index is 13.4. The Kier molecular flexibility index (Phi) is 4.74. The molecule has 8 unspecified atom stereocenters. The lowest BCUT2D eigenvalue weighted by Crippen LogP contribution is -2.64. The largest absolute Gasteiger partial charge is 0.299 e. The average Bonchev–Trinajstić information content (AvgIpc) is 2.67. The molecule has 0 amide bonds. The second-order valence-corrected chi connectivity index (χ2v) is 15.5. The molecule has 0 heterocycles. The number of carbonyl (C=O) groups excluding carboxylic acids is 1. The first kappa shape index (κ1) is 23.2. The van der Waals surface area contributed by atoms with Gasteiger partial charge in [-0.3, -0.25) is 4.79 Å². The van der Waals surface area contributed by atoms with Crippen LogP contribution in [-0.2, 0) is 4.79 Å². The summed E-state index contributed by atoms with van der Waals surface area (Å²) < 4.78 is 0. The molecule has 4 fully saturated rings. The molecule has 8 atom stereocenters. The smallest absolute Gasteiger partial charge is 0.139 e. The third-order valence-electron chi connectivity index (χ3n) is 13.4. The van der Waals surface area contributed by atoms with Crippen LogP contribution in [0.1, 0.15) is 120 Å². The first-order valence-electron chi connectivity index (χ1n) is 13.9. The molecule has 0 aromatic rings. The number of fused-ring (bicyclic) bond motifs is 7. The fourth-order valence-electron chi connectivity index (χ4n) is 10.6. The molecule has 1 heteroatoms. The second-order valence-electron chi connectivity index (χ2n) is 15.5. The molecule has 180 valence electrons. The van der Waals surface area contributed by atoms with Crippen molar-refractivity contribution in [2.75, 3.05) is 0 Å². The zero-order chi connectivity index (χ0) is 23.5. The molecule has 0 spiro atoms. The van der Waals surface area contributed by atoms with Gasteiger partial charge < -0.3 is 0 Å². The van der Waals surface area contributed by atoms with Crippen LogP contribution in [0.4, 0.5) is 0 Å². The van der Waals surface area contributed by atoms with Gasteiger partial charge in [0.25, 0.3) is 0 Å². The molecule has 0 aromatic carbocycles. The highest BCUT2D eigenvalue weighted by Crippen LogP contribution is 2.75. The molecule has 4 saturated carbocycles. The topological polar surface area (TPSA) is 17.1 Å². The minimum absolute atomic E-state index is 0.118. The molecule has 5 aliphatic carbocycles. The van der Waals surface area contributed by atoms with Gasteiger partial charge in [-0.15, -0.1) is 0 Å². The van der Waals surface area contributed by atoms with Gasteiger partial charge in [0.1, 0.15) is 5.78 Å². The van der Waals surface area contributed by atoms with Gasteiger partial charge in [-0.1, -0.05) is 74.0 Å². The van der Waals surface area contributed by atoms with Gasteiger partial charge in [-0.25, -0.2) is 0 Å². The Morgan fingerprint density at radius 1 is 0.844 bits per heavy atom. The second kappa shape index (κ2) is 6.54. The predicted octanol–water partition coefficient (Wildman–Crippen LogP) is 8.62. The van der Waals surface area contributed by atoms with E-state index in [-0.39, 0.29) is 16.2 Å². The van der Waals surface area contributed by atoms with Crippen molar-refractivity contribution in [3.8, 4) is 0 Å². The first-order chi connectivity index (χ1) is 14.6. The molecule has 32 heavy (non-hydrogen) atoms. The molecule has 5 aliphatic rings. The number of Topliss-reactive ketones (excluding diaryl/α,β-unsaturated/α-hetero) is 1. The van der Waals surface area contributed by atoms with E-state index in [1.807, 2.05) is 0 Å². The highest BCUT2D eigenvalue weighted by Gasteiger charge is 2.68. The summed E-state index contributed by atoms with van der Waals surface area (Å²) in [5.41, 5.74) is 3.26. The van der Waals surface area contributed by atoms with Crippen molar-refractivity contribution in [1.82, 2.24) is 0 Å². The van der Waals surface area contributed by atoms with Crippen molar-refractivity contribution < 1.29 is 4.79 Å². The fraction of sp³-hybridized carbons (Fsp3) is 0.903. The van der Waals surface area contributed by atoms with Gasteiger partial charge in [0.15, 0.2) is 0 Å². The molecule has 0 aliphatic heterocycles. The van der Waals surface area contributed by atoms with E-state index in [1.165, 1.54) is 44.9 Å². The van der Waals surface area contributed by atoms with Gasteiger partial charge in [-0.05, 0) is 102 Å². The van der Waals surface area contributed by atoms with E-state index in [2.05, 4.69) is 68.4 Å². The van der Waals surface area contributed by atoms with E-state index in [0.29, 0.717) is 27.9 Å². The third kappa shape index (κ3) is 2.66. The first-order valence-corrected chi connectivity index (χ1v) is 13.9. The average molecular weight is 439 g/mol. The Balaban J connectivity index is 1.59. The normalized spacial score (nSPS) is 53.9. The fourth-order valence-corrected chi connectivity index (χ4v) is 10.6. The zero-order valence-corrected chi connectivity index (χ0v) is 22.7. The highest BCUT2D eigenvalue weighted by molar-refractivity contribution is 5.87. The molecule has 0 N–H and O–H groups in total. The maximum absolute atomic E-state index is 13.4. The summed E-state index contributed by atoms with van der Waals surface area (Å²) in [5.74, 6) is 3.47. The summed E-state index contributed by atoms with van der Waals surface area (Å²) in [4.78, 5) is 13.4. The van der Waals surface area contributed by atoms with Gasteiger partial charge in [0, 0.05) is 11.8 Å².